The number of rotatable bonds is 4. The largest absolute Gasteiger partial charge is 0.390 e. The third-order valence-electron chi connectivity index (χ3n) is 2.06. The number of hydrogen-bond donors (Lipinski definition) is 2. The standard InChI is InChI=1S/C11H12F2N2O/c1-8-2-3-9(5-14)10(4-8)15-6-11(12,13)7-16/h2-4,15-16H,6-7H2,1H3. The maximum atomic E-state index is 12.8. The number of aliphatic hydroxyl groups excluding tert-OH is 1. The second-order valence-electron chi connectivity index (χ2n) is 3.53. The lowest BCUT2D eigenvalue weighted by Crippen LogP contribution is -2.31. The van der Waals surface area contributed by atoms with E-state index < -0.39 is 19.1 Å². The molecule has 0 aliphatic rings. The number of anilines is 1. The van der Waals surface area contributed by atoms with Gasteiger partial charge in [-0.15, -0.1) is 0 Å². The molecule has 1 rings (SSSR count). The van der Waals surface area contributed by atoms with Gasteiger partial charge in [-0.25, -0.2) is 8.78 Å². The Balaban J connectivity index is 2.81. The molecular weight excluding hydrogens is 214 g/mol. The van der Waals surface area contributed by atoms with Crippen LogP contribution in [0.1, 0.15) is 11.1 Å². The molecule has 0 spiro atoms. The maximum absolute atomic E-state index is 12.8. The van der Waals surface area contributed by atoms with Crippen molar-refractivity contribution in [1.82, 2.24) is 0 Å². The van der Waals surface area contributed by atoms with Gasteiger partial charge >= 0.3 is 0 Å². The smallest absolute Gasteiger partial charge is 0.287 e. The Kier molecular flexibility index (Phi) is 3.80. The lowest BCUT2D eigenvalue weighted by Gasteiger charge is -2.15. The first kappa shape index (κ1) is 12.4. The summed E-state index contributed by atoms with van der Waals surface area (Å²) in [6.07, 6.45) is 0. The summed E-state index contributed by atoms with van der Waals surface area (Å²) in [4.78, 5) is 0. The highest BCUT2D eigenvalue weighted by Gasteiger charge is 2.27. The van der Waals surface area contributed by atoms with Crippen LogP contribution < -0.4 is 5.32 Å². The van der Waals surface area contributed by atoms with E-state index in [2.05, 4.69) is 5.32 Å². The summed E-state index contributed by atoms with van der Waals surface area (Å²) in [5.74, 6) is -3.18. The van der Waals surface area contributed by atoms with Crippen molar-refractivity contribution < 1.29 is 13.9 Å². The third-order valence-corrected chi connectivity index (χ3v) is 2.06. The molecule has 0 saturated heterocycles. The Morgan fingerprint density at radius 2 is 2.19 bits per heavy atom. The second kappa shape index (κ2) is 4.90. The van der Waals surface area contributed by atoms with Gasteiger partial charge in [0.05, 0.1) is 17.8 Å². The molecule has 3 nitrogen and oxygen atoms in total. The molecule has 2 N–H and O–H groups in total. The molecule has 16 heavy (non-hydrogen) atoms. The second-order valence-corrected chi connectivity index (χ2v) is 3.53. The summed E-state index contributed by atoms with van der Waals surface area (Å²) < 4.78 is 25.6. The van der Waals surface area contributed by atoms with Crippen LogP contribution in [0, 0.1) is 18.3 Å². The minimum atomic E-state index is -3.18. The van der Waals surface area contributed by atoms with E-state index >= 15 is 0 Å². The van der Waals surface area contributed by atoms with E-state index in [0.29, 0.717) is 11.3 Å². The van der Waals surface area contributed by atoms with Gasteiger partial charge in [-0.1, -0.05) is 6.07 Å². The Morgan fingerprint density at radius 3 is 2.75 bits per heavy atom. The highest BCUT2D eigenvalue weighted by molar-refractivity contribution is 5.58. The van der Waals surface area contributed by atoms with Gasteiger partial charge in [0.15, 0.2) is 0 Å². The average molecular weight is 226 g/mol. The number of nitriles is 1. The number of aryl methyl sites for hydroxylation is 1. The monoisotopic (exact) mass is 226 g/mol. The Bertz CT molecular complexity index is 413. The normalized spacial score (nSPS) is 10.9. The molecule has 0 saturated carbocycles. The van der Waals surface area contributed by atoms with Crippen molar-refractivity contribution in [3.63, 3.8) is 0 Å². The summed E-state index contributed by atoms with van der Waals surface area (Å²) in [5.41, 5.74) is 1.53. The molecule has 0 fully saturated rings. The minimum absolute atomic E-state index is 0.305. The van der Waals surface area contributed by atoms with E-state index in [1.54, 1.807) is 25.1 Å². The van der Waals surface area contributed by atoms with Gasteiger partial charge in [-0.2, -0.15) is 5.26 Å². The van der Waals surface area contributed by atoms with Crippen LogP contribution in [-0.2, 0) is 0 Å². The highest BCUT2D eigenvalue weighted by Crippen LogP contribution is 2.19. The van der Waals surface area contributed by atoms with Crippen molar-refractivity contribution in [2.45, 2.75) is 12.8 Å². The molecule has 0 aliphatic heterocycles. The van der Waals surface area contributed by atoms with Crippen LogP contribution in [0.2, 0.25) is 0 Å². The van der Waals surface area contributed by atoms with Crippen molar-refractivity contribution in [3.05, 3.63) is 29.3 Å². The molecule has 0 heterocycles. The van der Waals surface area contributed by atoms with E-state index in [4.69, 9.17) is 10.4 Å². The van der Waals surface area contributed by atoms with Crippen molar-refractivity contribution >= 4 is 5.69 Å². The van der Waals surface area contributed by atoms with Gasteiger partial charge in [0.25, 0.3) is 5.92 Å². The van der Waals surface area contributed by atoms with Crippen molar-refractivity contribution in [1.29, 1.82) is 5.26 Å². The fraction of sp³-hybridized carbons (Fsp3) is 0.364. The van der Waals surface area contributed by atoms with E-state index in [1.807, 2.05) is 6.07 Å². The van der Waals surface area contributed by atoms with Crippen molar-refractivity contribution in [2.75, 3.05) is 18.5 Å². The van der Waals surface area contributed by atoms with Gasteiger partial charge in [0, 0.05) is 0 Å². The van der Waals surface area contributed by atoms with Crippen molar-refractivity contribution in [2.24, 2.45) is 0 Å². The van der Waals surface area contributed by atoms with Gasteiger partial charge in [0.1, 0.15) is 12.7 Å². The third kappa shape index (κ3) is 3.17. The van der Waals surface area contributed by atoms with Crippen LogP contribution in [0.5, 0.6) is 0 Å². The van der Waals surface area contributed by atoms with Crippen LogP contribution in [0.4, 0.5) is 14.5 Å². The molecular formula is C11H12F2N2O. The van der Waals surface area contributed by atoms with E-state index in [-0.39, 0.29) is 0 Å². The predicted octanol–water partition coefficient (Wildman–Crippen LogP) is 1.91. The molecule has 0 atom stereocenters. The molecule has 0 aromatic heterocycles. The van der Waals surface area contributed by atoms with Crippen LogP contribution in [-0.4, -0.2) is 24.2 Å². The van der Waals surface area contributed by atoms with Gasteiger partial charge in [-0.3, -0.25) is 0 Å². The number of alkyl halides is 2. The zero-order chi connectivity index (χ0) is 12.2. The van der Waals surface area contributed by atoms with Crippen LogP contribution in [0.25, 0.3) is 0 Å². The zero-order valence-corrected chi connectivity index (χ0v) is 8.80. The summed E-state index contributed by atoms with van der Waals surface area (Å²) in [5, 5.41) is 19.6. The maximum Gasteiger partial charge on any atom is 0.287 e. The Morgan fingerprint density at radius 1 is 1.50 bits per heavy atom. The Labute approximate surface area is 92.3 Å². The van der Waals surface area contributed by atoms with E-state index in [9.17, 15) is 8.78 Å². The number of nitrogens with zero attached hydrogens (tertiary/aromatic N) is 1. The molecule has 0 aliphatic carbocycles. The van der Waals surface area contributed by atoms with E-state index in [0.717, 1.165) is 5.56 Å². The molecule has 5 heteroatoms. The molecule has 1 aromatic carbocycles. The minimum Gasteiger partial charge on any atom is -0.390 e. The number of hydrogen-bond acceptors (Lipinski definition) is 3. The first-order valence-electron chi connectivity index (χ1n) is 4.72. The van der Waals surface area contributed by atoms with Crippen LogP contribution in [0.3, 0.4) is 0 Å². The van der Waals surface area contributed by atoms with Crippen LogP contribution in [0.15, 0.2) is 18.2 Å². The fourth-order valence-electron chi connectivity index (χ4n) is 1.18. The number of benzene rings is 1. The molecule has 1 aromatic rings. The molecule has 0 bridgehead atoms. The summed E-state index contributed by atoms with van der Waals surface area (Å²) in [6, 6.07) is 6.82. The highest BCUT2D eigenvalue weighted by atomic mass is 19.3. The zero-order valence-electron chi connectivity index (χ0n) is 8.80. The predicted molar refractivity (Wildman–Crippen MR) is 56.4 cm³/mol. The van der Waals surface area contributed by atoms with Gasteiger partial charge in [0.2, 0.25) is 0 Å². The first-order valence-corrected chi connectivity index (χ1v) is 4.72. The molecule has 86 valence electrons. The van der Waals surface area contributed by atoms with E-state index in [1.165, 1.54) is 0 Å². The van der Waals surface area contributed by atoms with Gasteiger partial charge in [-0.05, 0) is 24.6 Å². The molecule has 0 radical (unpaired) electrons. The topological polar surface area (TPSA) is 56.0 Å². The number of nitrogens with one attached hydrogen (secondary N) is 1. The van der Waals surface area contributed by atoms with Gasteiger partial charge < -0.3 is 10.4 Å². The SMILES string of the molecule is Cc1ccc(C#N)c(NCC(F)(F)CO)c1. The molecule has 0 unspecified atom stereocenters. The summed E-state index contributed by atoms with van der Waals surface area (Å²) in [7, 11) is 0. The fourth-order valence-corrected chi connectivity index (χ4v) is 1.18. The summed E-state index contributed by atoms with van der Waals surface area (Å²) >= 11 is 0. The number of aliphatic hydroxyl groups is 1. The lowest BCUT2D eigenvalue weighted by atomic mass is 10.1. The van der Waals surface area contributed by atoms with Crippen molar-refractivity contribution in [3.8, 4) is 6.07 Å². The number of halogens is 2. The average Bonchev–Trinajstić information content (AvgIpc) is 2.27. The Hall–Kier alpha value is -1.67. The first-order chi connectivity index (χ1) is 7.48. The summed E-state index contributed by atoms with van der Waals surface area (Å²) in [6.45, 7) is -0.105. The quantitative estimate of drug-likeness (QED) is 0.824. The lowest BCUT2D eigenvalue weighted by molar-refractivity contribution is -0.0372. The molecule has 0 amide bonds. The van der Waals surface area contributed by atoms with Crippen LogP contribution >= 0.6 is 0 Å².